The summed E-state index contributed by atoms with van der Waals surface area (Å²) in [5.41, 5.74) is 1.71. The summed E-state index contributed by atoms with van der Waals surface area (Å²) >= 11 is 0. The molecule has 2 aliphatic rings. The lowest BCUT2D eigenvalue weighted by atomic mass is 9.83. The molecule has 4 heteroatoms. The predicted octanol–water partition coefficient (Wildman–Crippen LogP) is 0.955. The van der Waals surface area contributed by atoms with Gasteiger partial charge in [0, 0.05) is 5.92 Å². The molecule has 0 saturated heterocycles. The van der Waals surface area contributed by atoms with Crippen molar-refractivity contribution in [1.29, 1.82) is 0 Å². The first-order valence-corrected chi connectivity index (χ1v) is 4.87. The molecule has 2 N–H and O–H groups in total. The summed E-state index contributed by atoms with van der Waals surface area (Å²) in [4.78, 5) is 11.6. The Hall–Kier alpha value is -1.58. The van der Waals surface area contributed by atoms with Gasteiger partial charge in [-0.2, -0.15) is 5.10 Å². The topological polar surface area (TPSA) is 57.8 Å². The number of hydrogen-bond acceptors (Lipinski definition) is 2. The maximum atomic E-state index is 11.6. The minimum Gasteiger partial charge on any atom is -0.345 e. The van der Waals surface area contributed by atoms with Crippen LogP contribution in [0.3, 0.4) is 0 Å². The zero-order valence-electron chi connectivity index (χ0n) is 7.66. The number of aromatic amines is 1. The quantitative estimate of drug-likeness (QED) is 0.597. The van der Waals surface area contributed by atoms with Gasteiger partial charge in [-0.25, -0.2) is 0 Å². The molecule has 72 valence electrons. The number of nitrogens with zero attached hydrogens (tertiary/aromatic N) is 1. The lowest BCUT2D eigenvalue weighted by molar-refractivity contribution is 0.0923. The van der Waals surface area contributed by atoms with E-state index in [1.165, 1.54) is 0 Å². The van der Waals surface area contributed by atoms with Crippen molar-refractivity contribution in [2.75, 3.05) is 0 Å². The summed E-state index contributed by atoms with van der Waals surface area (Å²) in [5, 5.41) is 9.85. The second kappa shape index (κ2) is 2.70. The van der Waals surface area contributed by atoms with E-state index >= 15 is 0 Å². The van der Waals surface area contributed by atoms with Gasteiger partial charge in [0.05, 0.1) is 23.5 Å². The predicted molar refractivity (Wildman–Crippen MR) is 51.0 cm³/mol. The van der Waals surface area contributed by atoms with Gasteiger partial charge in [0.1, 0.15) is 0 Å². The van der Waals surface area contributed by atoms with Crippen LogP contribution in [0.25, 0.3) is 0 Å². The molecule has 1 aromatic heterocycles. The van der Waals surface area contributed by atoms with Crippen LogP contribution in [0.2, 0.25) is 0 Å². The highest BCUT2D eigenvalue weighted by Gasteiger charge is 2.34. The molecule has 1 aliphatic carbocycles. The summed E-state index contributed by atoms with van der Waals surface area (Å²) in [7, 11) is 0. The van der Waals surface area contributed by atoms with Gasteiger partial charge in [-0.3, -0.25) is 9.89 Å². The minimum atomic E-state index is -0.0125. The molecule has 1 aliphatic heterocycles. The van der Waals surface area contributed by atoms with Gasteiger partial charge in [-0.1, -0.05) is 12.2 Å². The fraction of sp³-hybridized carbons (Fsp3) is 0.400. The normalized spacial score (nSPS) is 29.3. The molecule has 0 radical (unpaired) electrons. The average Bonchev–Trinajstić information content (AvgIpc) is 2.67. The second-order valence-corrected chi connectivity index (χ2v) is 3.81. The summed E-state index contributed by atoms with van der Waals surface area (Å²) < 4.78 is 0. The lowest BCUT2D eigenvalue weighted by Gasteiger charge is -2.31. The fourth-order valence-electron chi connectivity index (χ4n) is 2.29. The third-order valence-electron chi connectivity index (χ3n) is 3.00. The third kappa shape index (κ3) is 0.937. The number of carbonyl (C=O) groups excluding carboxylic acids is 1. The molecule has 0 bridgehead atoms. The summed E-state index contributed by atoms with van der Waals surface area (Å²) in [5.74, 6) is 0.372. The third-order valence-corrected chi connectivity index (χ3v) is 3.00. The molecule has 0 saturated carbocycles. The number of hydrogen-bond donors (Lipinski definition) is 2. The van der Waals surface area contributed by atoms with Crippen LogP contribution in [0, 0.1) is 0 Å². The van der Waals surface area contributed by atoms with Gasteiger partial charge in [-0.05, 0) is 12.8 Å². The highest BCUT2D eigenvalue weighted by atomic mass is 16.1. The van der Waals surface area contributed by atoms with E-state index in [4.69, 9.17) is 0 Å². The van der Waals surface area contributed by atoms with Crippen molar-refractivity contribution < 1.29 is 4.79 Å². The number of nitrogens with one attached hydrogen (secondary N) is 2. The molecule has 4 nitrogen and oxygen atoms in total. The van der Waals surface area contributed by atoms with Gasteiger partial charge in [0.2, 0.25) is 0 Å². The molecule has 2 unspecified atom stereocenters. The Labute approximate surface area is 81.4 Å². The largest absolute Gasteiger partial charge is 0.345 e. The maximum absolute atomic E-state index is 11.6. The van der Waals surface area contributed by atoms with Gasteiger partial charge in [-0.15, -0.1) is 0 Å². The molecular formula is C10H11N3O. The molecule has 0 spiro atoms. The number of amides is 1. The first-order chi connectivity index (χ1) is 6.86. The smallest absolute Gasteiger partial charge is 0.255 e. The Morgan fingerprint density at radius 3 is 3.36 bits per heavy atom. The van der Waals surface area contributed by atoms with Crippen LogP contribution < -0.4 is 5.32 Å². The van der Waals surface area contributed by atoms with E-state index in [1.807, 2.05) is 0 Å². The Balaban J connectivity index is 2.10. The van der Waals surface area contributed by atoms with E-state index in [2.05, 4.69) is 27.7 Å². The average molecular weight is 189 g/mol. The Kier molecular flexibility index (Phi) is 1.50. The molecule has 3 rings (SSSR count). The summed E-state index contributed by atoms with van der Waals surface area (Å²) in [6, 6.07) is 0.157. The molecule has 2 heterocycles. The van der Waals surface area contributed by atoms with Crippen LogP contribution in [-0.4, -0.2) is 22.1 Å². The standard InChI is InChI=1S/C10H11N3O/c14-10-7-5-11-13-9(7)6-3-1-2-4-8(6)12-10/h2,4-6,8H,1,3H2,(H,11,13)(H,12,14). The van der Waals surface area contributed by atoms with Crippen LogP contribution in [-0.2, 0) is 0 Å². The van der Waals surface area contributed by atoms with Crippen LogP contribution in [0.5, 0.6) is 0 Å². The van der Waals surface area contributed by atoms with E-state index in [0.29, 0.717) is 11.5 Å². The number of allylic oxidation sites excluding steroid dienone is 1. The SMILES string of the molecule is O=C1NC2C=CCCC2c2[nH]ncc21. The van der Waals surface area contributed by atoms with Crippen LogP contribution >= 0.6 is 0 Å². The molecule has 2 atom stereocenters. The van der Waals surface area contributed by atoms with E-state index in [0.717, 1.165) is 18.5 Å². The molecule has 0 aromatic carbocycles. The van der Waals surface area contributed by atoms with E-state index < -0.39 is 0 Å². The van der Waals surface area contributed by atoms with Gasteiger partial charge in [0.15, 0.2) is 0 Å². The monoisotopic (exact) mass is 189 g/mol. The molecule has 1 aromatic rings. The van der Waals surface area contributed by atoms with Crippen molar-refractivity contribution in [2.24, 2.45) is 0 Å². The fourth-order valence-corrected chi connectivity index (χ4v) is 2.29. The molecular weight excluding hydrogens is 178 g/mol. The molecule has 14 heavy (non-hydrogen) atoms. The number of aromatic nitrogens is 2. The van der Waals surface area contributed by atoms with E-state index in [9.17, 15) is 4.79 Å². The Morgan fingerprint density at radius 2 is 2.43 bits per heavy atom. The van der Waals surface area contributed by atoms with Crippen LogP contribution in [0.1, 0.15) is 34.8 Å². The van der Waals surface area contributed by atoms with Gasteiger partial charge in [0.25, 0.3) is 5.91 Å². The zero-order chi connectivity index (χ0) is 9.54. The number of fused-ring (bicyclic) bond motifs is 3. The Morgan fingerprint density at radius 1 is 1.50 bits per heavy atom. The summed E-state index contributed by atoms with van der Waals surface area (Å²) in [6.07, 6.45) is 7.98. The number of rotatable bonds is 0. The van der Waals surface area contributed by atoms with Crippen molar-refractivity contribution in [1.82, 2.24) is 15.5 Å². The van der Waals surface area contributed by atoms with Crippen molar-refractivity contribution in [2.45, 2.75) is 24.8 Å². The highest BCUT2D eigenvalue weighted by Crippen LogP contribution is 2.33. The van der Waals surface area contributed by atoms with Gasteiger partial charge < -0.3 is 5.32 Å². The first kappa shape index (κ1) is 7.79. The van der Waals surface area contributed by atoms with Crippen molar-refractivity contribution in [3.63, 3.8) is 0 Å². The summed E-state index contributed by atoms with van der Waals surface area (Å²) in [6.45, 7) is 0. The Bertz CT molecular complexity index is 407. The van der Waals surface area contributed by atoms with E-state index in [-0.39, 0.29) is 11.9 Å². The number of carbonyl (C=O) groups is 1. The minimum absolute atomic E-state index is 0.0125. The second-order valence-electron chi connectivity index (χ2n) is 3.81. The van der Waals surface area contributed by atoms with Crippen LogP contribution in [0.15, 0.2) is 18.3 Å². The highest BCUT2D eigenvalue weighted by molar-refractivity contribution is 5.97. The van der Waals surface area contributed by atoms with Crippen molar-refractivity contribution in [3.05, 3.63) is 29.6 Å². The van der Waals surface area contributed by atoms with Gasteiger partial charge >= 0.3 is 0 Å². The van der Waals surface area contributed by atoms with E-state index in [1.54, 1.807) is 6.20 Å². The molecule has 1 amide bonds. The lowest BCUT2D eigenvalue weighted by Crippen LogP contribution is -2.43. The number of H-pyrrole nitrogens is 1. The molecule has 0 fully saturated rings. The van der Waals surface area contributed by atoms with Crippen LogP contribution in [0.4, 0.5) is 0 Å². The maximum Gasteiger partial charge on any atom is 0.255 e. The zero-order valence-corrected chi connectivity index (χ0v) is 7.66. The van der Waals surface area contributed by atoms with Crippen molar-refractivity contribution in [3.8, 4) is 0 Å². The van der Waals surface area contributed by atoms with Crippen molar-refractivity contribution >= 4 is 5.91 Å². The first-order valence-electron chi connectivity index (χ1n) is 4.87.